The largest absolute Gasteiger partial charge is 0.398 e. The number of hydrogen-bond donors (Lipinski definition) is 3. The van der Waals surface area contributed by atoms with Crippen LogP contribution in [0.2, 0.25) is 0 Å². The zero-order valence-corrected chi connectivity index (χ0v) is 22.7. The van der Waals surface area contributed by atoms with Gasteiger partial charge in [-0.25, -0.2) is 0 Å². The number of rotatable bonds is 8. The molecule has 1 unspecified atom stereocenters. The van der Waals surface area contributed by atoms with Crippen molar-refractivity contribution in [2.45, 2.75) is 38.3 Å². The summed E-state index contributed by atoms with van der Waals surface area (Å²) in [6, 6.07) is 19.2. The van der Waals surface area contributed by atoms with Crippen molar-refractivity contribution in [2.75, 3.05) is 34.0 Å². The lowest BCUT2D eigenvalue weighted by Crippen LogP contribution is -2.27. The van der Waals surface area contributed by atoms with Crippen LogP contribution in [-0.2, 0) is 15.1 Å². The molecule has 1 atom stereocenters. The Bertz CT molecular complexity index is 1450. The number of nitrogens with zero attached hydrogens (tertiary/aromatic N) is 2. The number of nitrogens with one attached hydrogen (secondary N) is 1. The molecule has 2 aromatic heterocycles. The van der Waals surface area contributed by atoms with Gasteiger partial charge >= 0.3 is 0 Å². The van der Waals surface area contributed by atoms with Crippen molar-refractivity contribution in [3.8, 4) is 0 Å². The number of aromatic nitrogens is 2. The van der Waals surface area contributed by atoms with Crippen LogP contribution in [0, 0.1) is 5.92 Å². The van der Waals surface area contributed by atoms with Crippen LogP contribution < -0.4 is 11.1 Å². The molecule has 0 aliphatic carbocycles. The lowest BCUT2D eigenvalue weighted by molar-refractivity contribution is 0.0552. The van der Waals surface area contributed by atoms with E-state index in [1.54, 1.807) is 7.11 Å². The molecule has 7 heteroatoms. The summed E-state index contributed by atoms with van der Waals surface area (Å²) in [6.07, 6.45) is 3.82. The number of pyridine rings is 1. The molecule has 4 N–H and O–H groups in total. The number of hydrogen-bond acceptors (Lipinski definition) is 6. The van der Waals surface area contributed by atoms with Gasteiger partial charge in [0.05, 0.1) is 46.2 Å². The number of ether oxygens (including phenoxy) is 2. The number of aliphatic hydroxyl groups is 1. The van der Waals surface area contributed by atoms with Crippen LogP contribution in [-0.4, -0.2) is 48.6 Å². The zero-order chi connectivity index (χ0) is 26.9. The third-order valence-corrected chi connectivity index (χ3v) is 7.64. The normalized spacial score (nSPS) is 16.6. The van der Waals surface area contributed by atoms with E-state index in [0.29, 0.717) is 18.2 Å². The molecule has 1 fully saturated rings. The average Bonchev–Trinajstić information content (AvgIpc) is 3.23. The molecular formula is C31H38N4O3. The molecule has 7 nitrogen and oxygen atoms in total. The van der Waals surface area contributed by atoms with Crippen molar-refractivity contribution >= 4 is 27.6 Å². The van der Waals surface area contributed by atoms with Crippen molar-refractivity contribution in [3.63, 3.8) is 0 Å². The van der Waals surface area contributed by atoms with Gasteiger partial charge in [0.1, 0.15) is 0 Å². The monoisotopic (exact) mass is 514 g/mol. The zero-order valence-electron chi connectivity index (χ0n) is 22.7. The van der Waals surface area contributed by atoms with E-state index in [1.165, 1.54) is 5.56 Å². The van der Waals surface area contributed by atoms with Gasteiger partial charge in [-0.1, -0.05) is 42.5 Å². The molecule has 0 radical (unpaired) electrons. The molecule has 0 saturated carbocycles. The van der Waals surface area contributed by atoms with Crippen molar-refractivity contribution in [1.29, 1.82) is 0 Å². The number of benzene rings is 2. The van der Waals surface area contributed by atoms with E-state index in [2.05, 4.69) is 58.4 Å². The van der Waals surface area contributed by atoms with E-state index in [-0.39, 0.29) is 6.04 Å². The van der Waals surface area contributed by atoms with E-state index in [1.807, 2.05) is 33.2 Å². The summed E-state index contributed by atoms with van der Waals surface area (Å²) in [5.74, 6) is 0.386. The fourth-order valence-electron chi connectivity index (χ4n) is 5.75. The molecule has 0 spiro atoms. The Morgan fingerprint density at radius 1 is 1.16 bits per heavy atom. The standard InChI is InChI=1S/C31H38N4O3/c1-31(2,36)23-10-11-24-26(17-23)35(30(20-8-6-5-7-9-20)21-12-14-38-15-13-21)27-16-22(18-34-29(24)27)28(33-3)25(32)19-37-4/h5-11,16-18,21,30,33,36H,12-15,19,32H2,1-4H3/b28-25-. The van der Waals surface area contributed by atoms with Crippen molar-refractivity contribution < 1.29 is 14.6 Å². The third kappa shape index (κ3) is 4.89. The maximum atomic E-state index is 10.9. The molecule has 0 amide bonds. The van der Waals surface area contributed by atoms with Crippen molar-refractivity contribution in [3.05, 3.63) is 83.2 Å². The van der Waals surface area contributed by atoms with E-state index < -0.39 is 5.60 Å². The van der Waals surface area contributed by atoms with Gasteiger partial charge in [-0.15, -0.1) is 0 Å². The van der Waals surface area contributed by atoms with Gasteiger partial charge in [-0.05, 0) is 55.9 Å². The number of nitrogens with two attached hydrogens (primary N) is 1. The average molecular weight is 515 g/mol. The fraction of sp³-hybridized carbons (Fsp3) is 0.387. The van der Waals surface area contributed by atoms with Gasteiger partial charge in [-0.3, -0.25) is 4.98 Å². The molecule has 3 heterocycles. The van der Waals surface area contributed by atoms with Gasteiger partial charge in [0, 0.05) is 44.5 Å². The second kappa shape index (κ2) is 10.8. The second-order valence-electron chi connectivity index (χ2n) is 10.6. The minimum atomic E-state index is -0.967. The van der Waals surface area contributed by atoms with Crippen LogP contribution in [0.25, 0.3) is 27.6 Å². The van der Waals surface area contributed by atoms with Gasteiger partial charge in [0.15, 0.2) is 0 Å². The Hall–Kier alpha value is -3.39. The number of fused-ring (bicyclic) bond motifs is 3. The molecule has 2 aromatic carbocycles. The lowest BCUT2D eigenvalue weighted by Gasteiger charge is -2.33. The summed E-state index contributed by atoms with van der Waals surface area (Å²) in [6.45, 7) is 5.48. The van der Waals surface area contributed by atoms with Crippen LogP contribution in [0.4, 0.5) is 0 Å². The first kappa shape index (κ1) is 26.2. The minimum Gasteiger partial charge on any atom is -0.398 e. The first-order chi connectivity index (χ1) is 18.3. The highest BCUT2D eigenvalue weighted by Gasteiger charge is 2.31. The van der Waals surface area contributed by atoms with Crippen LogP contribution in [0.15, 0.2) is 66.5 Å². The summed E-state index contributed by atoms with van der Waals surface area (Å²) >= 11 is 0. The predicted molar refractivity (Wildman–Crippen MR) is 153 cm³/mol. The van der Waals surface area contributed by atoms with E-state index in [4.69, 9.17) is 20.2 Å². The highest BCUT2D eigenvalue weighted by atomic mass is 16.5. The van der Waals surface area contributed by atoms with Gasteiger partial charge in [0.25, 0.3) is 0 Å². The third-order valence-electron chi connectivity index (χ3n) is 7.64. The Balaban J connectivity index is 1.85. The first-order valence-corrected chi connectivity index (χ1v) is 13.3. The van der Waals surface area contributed by atoms with E-state index >= 15 is 0 Å². The summed E-state index contributed by atoms with van der Waals surface area (Å²) in [7, 11) is 3.50. The molecular weight excluding hydrogens is 476 g/mol. The molecule has 1 aliphatic rings. The molecule has 38 heavy (non-hydrogen) atoms. The highest BCUT2D eigenvalue weighted by molar-refractivity contribution is 6.06. The molecule has 1 aliphatic heterocycles. The maximum absolute atomic E-state index is 10.9. The smallest absolute Gasteiger partial charge is 0.0960 e. The van der Waals surface area contributed by atoms with Gasteiger partial charge in [0.2, 0.25) is 0 Å². The Labute approximate surface area is 224 Å². The van der Waals surface area contributed by atoms with E-state index in [9.17, 15) is 5.11 Å². The second-order valence-corrected chi connectivity index (χ2v) is 10.6. The summed E-state index contributed by atoms with van der Waals surface area (Å²) in [5.41, 5.74) is 12.9. The predicted octanol–water partition coefficient (Wildman–Crippen LogP) is 4.93. The summed E-state index contributed by atoms with van der Waals surface area (Å²) in [5, 5.41) is 15.2. The summed E-state index contributed by atoms with van der Waals surface area (Å²) < 4.78 is 13.5. The van der Waals surface area contributed by atoms with Gasteiger partial charge in [-0.2, -0.15) is 0 Å². The minimum absolute atomic E-state index is 0.0764. The molecule has 4 aromatic rings. The van der Waals surface area contributed by atoms with Gasteiger partial charge < -0.3 is 30.2 Å². The Morgan fingerprint density at radius 2 is 1.89 bits per heavy atom. The summed E-state index contributed by atoms with van der Waals surface area (Å²) in [4.78, 5) is 4.98. The first-order valence-electron chi connectivity index (χ1n) is 13.3. The van der Waals surface area contributed by atoms with Crippen molar-refractivity contribution in [1.82, 2.24) is 14.9 Å². The van der Waals surface area contributed by atoms with Crippen LogP contribution >= 0.6 is 0 Å². The lowest BCUT2D eigenvalue weighted by atomic mass is 9.86. The highest BCUT2D eigenvalue weighted by Crippen LogP contribution is 2.41. The Kier molecular flexibility index (Phi) is 7.43. The topological polar surface area (TPSA) is 94.6 Å². The molecule has 5 rings (SSSR count). The van der Waals surface area contributed by atoms with Crippen LogP contribution in [0.3, 0.4) is 0 Å². The van der Waals surface area contributed by atoms with E-state index in [0.717, 1.165) is 64.8 Å². The SMILES string of the molecule is CN/C(=C(\N)COC)c1cnc2c3ccc(C(C)(C)O)cc3n(C(c3ccccc3)C3CCOCC3)c2c1. The Morgan fingerprint density at radius 3 is 2.55 bits per heavy atom. The maximum Gasteiger partial charge on any atom is 0.0960 e. The molecule has 1 saturated heterocycles. The molecule has 200 valence electrons. The quantitative estimate of drug-likeness (QED) is 0.309. The number of methoxy groups -OCH3 is 1. The molecule has 0 bridgehead atoms. The fourth-order valence-corrected chi connectivity index (χ4v) is 5.75. The van der Waals surface area contributed by atoms with Crippen LogP contribution in [0.1, 0.15) is 49.4 Å². The van der Waals surface area contributed by atoms with Crippen LogP contribution in [0.5, 0.6) is 0 Å². The van der Waals surface area contributed by atoms with Crippen molar-refractivity contribution in [2.24, 2.45) is 11.7 Å².